The molecule has 0 bridgehead atoms. The Morgan fingerprint density at radius 2 is 1.94 bits per heavy atom. The lowest BCUT2D eigenvalue weighted by molar-refractivity contribution is -0.115. The molecule has 0 unspecified atom stereocenters. The summed E-state index contributed by atoms with van der Waals surface area (Å²) in [6, 6.07) is 8.30. The third-order valence-corrected chi connectivity index (χ3v) is 3.01. The number of carbonyl (C=O) groups excluding carboxylic acids is 1. The van der Waals surface area contributed by atoms with E-state index in [2.05, 4.69) is 54.3 Å². The van der Waals surface area contributed by atoms with Crippen LogP contribution in [-0.4, -0.2) is 12.3 Å². The van der Waals surface area contributed by atoms with E-state index in [1.807, 2.05) is 0 Å². The van der Waals surface area contributed by atoms with Crippen LogP contribution in [0.2, 0.25) is 0 Å². The van der Waals surface area contributed by atoms with Gasteiger partial charge in [0.2, 0.25) is 0 Å². The Morgan fingerprint density at radius 3 is 2.50 bits per heavy atom. The maximum Gasteiger partial charge on any atom is 0.149 e. The zero-order valence-corrected chi connectivity index (χ0v) is 11.0. The molecule has 2 heteroatoms. The molecule has 1 aromatic rings. The number of carbonyl (C=O) groups is 1. The van der Waals surface area contributed by atoms with Crippen molar-refractivity contribution in [2.24, 2.45) is 0 Å². The minimum Gasteiger partial charge on any atom is -0.334 e. The Bertz CT molecular complexity index is 482. The van der Waals surface area contributed by atoms with Crippen molar-refractivity contribution in [3.63, 3.8) is 0 Å². The summed E-state index contributed by atoms with van der Waals surface area (Å²) in [7, 11) is 0. The molecule has 0 N–H and O–H groups in total. The Kier molecular flexibility index (Phi) is 3.98. The van der Waals surface area contributed by atoms with Gasteiger partial charge < -0.3 is 4.90 Å². The number of Topliss-reactive ketones (excluding diaryl/α,β-unsaturated/α-hetero) is 1. The summed E-state index contributed by atoms with van der Waals surface area (Å²) in [5.41, 5.74) is 3.43. The van der Waals surface area contributed by atoms with Crippen LogP contribution < -0.4 is 4.90 Å². The summed E-state index contributed by atoms with van der Waals surface area (Å²) in [5.74, 6) is 0.176. The molecule has 2 rings (SSSR count). The van der Waals surface area contributed by atoms with Gasteiger partial charge in [-0.05, 0) is 44.9 Å². The highest BCUT2D eigenvalue weighted by Gasteiger charge is 2.13. The lowest BCUT2D eigenvalue weighted by Gasteiger charge is -2.26. The van der Waals surface area contributed by atoms with Gasteiger partial charge in [0.15, 0.2) is 0 Å². The number of hydrogen-bond donors (Lipinski definition) is 0. The second-order valence-electron chi connectivity index (χ2n) is 4.73. The maximum atomic E-state index is 11.4. The quantitative estimate of drug-likeness (QED) is 0.802. The van der Waals surface area contributed by atoms with Gasteiger partial charge in [0.1, 0.15) is 5.78 Å². The van der Waals surface area contributed by atoms with Crippen LogP contribution >= 0.6 is 0 Å². The van der Waals surface area contributed by atoms with E-state index >= 15 is 0 Å². The number of rotatable bonds is 4. The Hall–Kier alpha value is -1.83. The summed E-state index contributed by atoms with van der Waals surface area (Å²) in [6.45, 7) is 4.13. The predicted molar refractivity (Wildman–Crippen MR) is 75.7 cm³/mol. The van der Waals surface area contributed by atoms with Crippen LogP contribution in [0.25, 0.3) is 0 Å². The maximum absolute atomic E-state index is 11.4. The lowest BCUT2D eigenvalue weighted by Crippen LogP contribution is -2.27. The molecule has 2 nitrogen and oxygen atoms in total. The smallest absolute Gasteiger partial charge is 0.149 e. The number of aryl methyl sites for hydroxylation is 1. The Balaban J connectivity index is 2.29. The van der Waals surface area contributed by atoms with E-state index in [0.717, 1.165) is 24.2 Å². The summed E-state index contributed by atoms with van der Waals surface area (Å²) in [5, 5.41) is 0. The van der Waals surface area contributed by atoms with E-state index in [9.17, 15) is 4.79 Å². The minimum absolute atomic E-state index is 0.176. The zero-order valence-electron chi connectivity index (χ0n) is 11.0. The number of nitrogens with zero attached hydrogens (tertiary/aromatic N) is 1. The first-order valence-corrected chi connectivity index (χ1v) is 6.37. The molecule has 1 aromatic carbocycles. The molecule has 1 aliphatic carbocycles. The molecule has 0 radical (unpaired) electrons. The normalized spacial score (nSPS) is 14.2. The van der Waals surface area contributed by atoms with E-state index in [0.29, 0.717) is 6.54 Å². The average molecular weight is 241 g/mol. The largest absolute Gasteiger partial charge is 0.334 e. The molecule has 0 saturated carbocycles. The first-order chi connectivity index (χ1) is 8.66. The van der Waals surface area contributed by atoms with Gasteiger partial charge in [0.25, 0.3) is 0 Å². The van der Waals surface area contributed by atoms with Crippen molar-refractivity contribution in [3.05, 3.63) is 53.8 Å². The van der Waals surface area contributed by atoms with Crippen molar-refractivity contribution in [1.82, 2.24) is 0 Å². The molecular weight excluding hydrogens is 222 g/mol. The molecular formula is C16H19NO. The minimum atomic E-state index is 0.176. The summed E-state index contributed by atoms with van der Waals surface area (Å²) in [4.78, 5) is 13.5. The molecule has 0 aliphatic heterocycles. The van der Waals surface area contributed by atoms with Crippen molar-refractivity contribution in [1.29, 1.82) is 0 Å². The standard InChI is InChI=1S/C16H19NO/c1-13-8-10-16(11-9-13)17(12-14(2)18)15-6-4-3-5-7-15/h4,6-11H,3,5,12H2,1-2H3. The summed E-state index contributed by atoms with van der Waals surface area (Å²) in [6.07, 6.45) is 8.60. The van der Waals surface area contributed by atoms with Crippen molar-refractivity contribution < 1.29 is 4.79 Å². The van der Waals surface area contributed by atoms with Gasteiger partial charge in [0, 0.05) is 11.4 Å². The van der Waals surface area contributed by atoms with Gasteiger partial charge in [-0.3, -0.25) is 4.79 Å². The van der Waals surface area contributed by atoms with Crippen LogP contribution in [0.5, 0.6) is 0 Å². The molecule has 0 heterocycles. The fraction of sp³-hybridized carbons (Fsp3) is 0.312. The van der Waals surface area contributed by atoms with Gasteiger partial charge in [-0.1, -0.05) is 29.8 Å². The molecule has 0 atom stereocenters. The predicted octanol–water partition coefficient (Wildman–Crippen LogP) is 3.62. The van der Waals surface area contributed by atoms with Crippen LogP contribution in [-0.2, 0) is 4.79 Å². The molecule has 0 aromatic heterocycles. The zero-order chi connectivity index (χ0) is 13.0. The van der Waals surface area contributed by atoms with E-state index < -0.39 is 0 Å². The molecule has 0 amide bonds. The third-order valence-electron chi connectivity index (χ3n) is 3.01. The van der Waals surface area contributed by atoms with Crippen LogP contribution in [0.3, 0.4) is 0 Å². The van der Waals surface area contributed by atoms with Gasteiger partial charge in [-0.2, -0.15) is 0 Å². The Labute approximate surface area is 109 Å². The SMILES string of the molecule is CC(=O)CN(C1=CCCC=C1)c1ccc(C)cc1. The monoisotopic (exact) mass is 241 g/mol. The van der Waals surface area contributed by atoms with Crippen LogP contribution in [0.1, 0.15) is 25.3 Å². The molecule has 94 valence electrons. The van der Waals surface area contributed by atoms with E-state index in [4.69, 9.17) is 0 Å². The second kappa shape index (κ2) is 5.67. The number of ketones is 1. The van der Waals surface area contributed by atoms with Crippen molar-refractivity contribution >= 4 is 11.5 Å². The van der Waals surface area contributed by atoms with Crippen LogP contribution in [0, 0.1) is 6.92 Å². The third kappa shape index (κ3) is 3.10. The first kappa shape index (κ1) is 12.6. The number of allylic oxidation sites excluding steroid dienone is 3. The molecule has 0 fully saturated rings. The summed E-state index contributed by atoms with van der Waals surface area (Å²) >= 11 is 0. The average Bonchev–Trinajstić information content (AvgIpc) is 2.38. The fourth-order valence-corrected chi connectivity index (χ4v) is 2.08. The van der Waals surface area contributed by atoms with Crippen molar-refractivity contribution in [2.45, 2.75) is 26.7 Å². The first-order valence-electron chi connectivity index (χ1n) is 6.37. The second-order valence-corrected chi connectivity index (χ2v) is 4.73. The highest BCUT2D eigenvalue weighted by molar-refractivity contribution is 5.82. The Morgan fingerprint density at radius 1 is 1.22 bits per heavy atom. The van der Waals surface area contributed by atoms with Crippen molar-refractivity contribution in [3.8, 4) is 0 Å². The van der Waals surface area contributed by atoms with Gasteiger partial charge in [-0.15, -0.1) is 0 Å². The fourth-order valence-electron chi connectivity index (χ4n) is 2.08. The topological polar surface area (TPSA) is 20.3 Å². The lowest BCUT2D eigenvalue weighted by atomic mass is 10.1. The molecule has 18 heavy (non-hydrogen) atoms. The van der Waals surface area contributed by atoms with Gasteiger partial charge in [0.05, 0.1) is 6.54 Å². The highest BCUT2D eigenvalue weighted by Crippen LogP contribution is 2.23. The van der Waals surface area contributed by atoms with Crippen molar-refractivity contribution in [2.75, 3.05) is 11.4 Å². The van der Waals surface area contributed by atoms with E-state index in [1.165, 1.54) is 5.56 Å². The summed E-state index contributed by atoms with van der Waals surface area (Å²) < 4.78 is 0. The highest BCUT2D eigenvalue weighted by atomic mass is 16.1. The molecule has 0 saturated heterocycles. The number of hydrogen-bond acceptors (Lipinski definition) is 2. The van der Waals surface area contributed by atoms with Crippen LogP contribution in [0.4, 0.5) is 5.69 Å². The molecule has 0 spiro atoms. The van der Waals surface area contributed by atoms with Gasteiger partial charge >= 0.3 is 0 Å². The van der Waals surface area contributed by atoms with E-state index in [-0.39, 0.29) is 5.78 Å². The van der Waals surface area contributed by atoms with E-state index in [1.54, 1.807) is 6.92 Å². The van der Waals surface area contributed by atoms with Gasteiger partial charge in [-0.25, -0.2) is 0 Å². The number of anilines is 1. The number of benzene rings is 1. The molecule has 1 aliphatic rings. The van der Waals surface area contributed by atoms with Crippen LogP contribution in [0.15, 0.2) is 48.2 Å².